The van der Waals surface area contributed by atoms with Crippen LogP contribution in [0.2, 0.25) is 0 Å². The summed E-state index contributed by atoms with van der Waals surface area (Å²) in [6.45, 7) is 5.27. The molecule has 0 aliphatic heterocycles. The quantitative estimate of drug-likeness (QED) is 0.484. The average molecular weight is 259 g/mol. The standard InChI is InChI=1S/C16H25N3/c1-12(2)5-4-10-18-16(17)19-15-9-8-13-6-3-7-14(13)11-15/h8-9,11-12H,3-7,10H2,1-2H3,(H3,17,18,19). The van der Waals surface area contributed by atoms with Gasteiger partial charge < -0.3 is 11.1 Å². The van der Waals surface area contributed by atoms with Crippen molar-refractivity contribution >= 4 is 11.6 Å². The Balaban J connectivity index is 1.84. The largest absolute Gasteiger partial charge is 0.370 e. The third-order valence-electron chi connectivity index (χ3n) is 3.59. The molecule has 0 amide bonds. The number of hydrogen-bond donors (Lipinski definition) is 2. The minimum absolute atomic E-state index is 0.529. The Morgan fingerprint density at radius 3 is 2.89 bits per heavy atom. The van der Waals surface area contributed by atoms with Crippen molar-refractivity contribution in [2.45, 2.75) is 46.0 Å². The third-order valence-corrected chi connectivity index (χ3v) is 3.59. The van der Waals surface area contributed by atoms with E-state index in [1.54, 1.807) is 0 Å². The lowest BCUT2D eigenvalue weighted by atomic mass is 10.1. The molecule has 3 nitrogen and oxygen atoms in total. The molecule has 1 aliphatic carbocycles. The van der Waals surface area contributed by atoms with Crippen molar-refractivity contribution in [1.82, 2.24) is 0 Å². The maximum absolute atomic E-state index is 5.91. The fraction of sp³-hybridized carbons (Fsp3) is 0.562. The number of hydrogen-bond acceptors (Lipinski definition) is 1. The van der Waals surface area contributed by atoms with Gasteiger partial charge in [0, 0.05) is 12.2 Å². The van der Waals surface area contributed by atoms with E-state index in [0.29, 0.717) is 5.96 Å². The number of guanidine groups is 1. The minimum atomic E-state index is 0.529. The summed E-state index contributed by atoms with van der Waals surface area (Å²) in [5.74, 6) is 1.27. The molecule has 3 N–H and O–H groups in total. The van der Waals surface area contributed by atoms with Gasteiger partial charge in [-0.2, -0.15) is 0 Å². The molecule has 3 heteroatoms. The van der Waals surface area contributed by atoms with Crippen LogP contribution in [-0.2, 0) is 12.8 Å². The third kappa shape index (κ3) is 4.27. The Kier molecular flexibility index (Phi) is 4.83. The second-order valence-corrected chi connectivity index (χ2v) is 5.77. The normalized spacial score (nSPS) is 14.8. The number of rotatable bonds is 5. The van der Waals surface area contributed by atoms with Gasteiger partial charge in [-0.3, -0.25) is 4.99 Å². The molecular formula is C16H25N3. The smallest absolute Gasteiger partial charge is 0.193 e. The first kappa shape index (κ1) is 13.9. The van der Waals surface area contributed by atoms with Crippen molar-refractivity contribution in [3.05, 3.63) is 29.3 Å². The van der Waals surface area contributed by atoms with Crippen LogP contribution in [0.1, 0.15) is 44.2 Å². The van der Waals surface area contributed by atoms with Crippen LogP contribution in [0.4, 0.5) is 5.69 Å². The van der Waals surface area contributed by atoms with Crippen molar-refractivity contribution in [2.75, 3.05) is 11.9 Å². The van der Waals surface area contributed by atoms with Crippen molar-refractivity contribution in [3.63, 3.8) is 0 Å². The summed E-state index contributed by atoms with van der Waals surface area (Å²) in [4.78, 5) is 4.37. The van der Waals surface area contributed by atoms with Gasteiger partial charge in [0.15, 0.2) is 5.96 Å². The summed E-state index contributed by atoms with van der Waals surface area (Å²) in [7, 11) is 0. The maximum atomic E-state index is 5.91. The van der Waals surface area contributed by atoms with Crippen LogP contribution < -0.4 is 11.1 Å². The lowest BCUT2D eigenvalue weighted by molar-refractivity contribution is 0.561. The van der Waals surface area contributed by atoms with Crippen LogP contribution >= 0.6 is 0 Å². The first-order chi connectivity index (χ1) is 9.15. The van der Waals surface area contributed by atoms with Crippen molar-refractivity contribution in [2.24, 2.45) is 16.6 Å². The molecule has 0 fully saturated rings. The molecule has 0 radical (unpaired) electrons. The Hall–Kier alpha value is -1.51. The zero-order chi connectivity index (χ0) is 13.7. The molecule has 0 aromatic heterocycles. The number of aliphatic imine (C=N–C) groups is 1. The van der Waals surface area contributed by atoms with E-state index >= 15 is 0 Å². The lowest BCUT2D eigenvalue weighted by Crippen LogP contribution is -2.23. The number of nitrogens with zero attached hydrogens (tertiary/aromatic N) is 1. The summed E-state index contributed by atoms with van der Waals surface area (Å²) in [5.41, 5.74) is 9.91. The number of anilines is 1. The molecule has 0 spiro atoms. The van der Waals surface area contributed by atoms with Gasteiger partial charge in [-0.1, -0.05) is 19.9 Å². The lowest BCUT2D eigenvalue weighted by Gasteiger charge is -2.08. The molecular weight excluding hydrogens is 234 g/mol. The second-order valence-electron chi connectivity index (χ2n) is 5.77. The summed E-state index contributed by atoms with van der Waals surface area (Å²) >= 11 is 0. The number of fused-ring (bicyclic) bond motifs is 1. The van der Waals surface area contributed by atoms with Crippen molar-refractivity contribution < 1.29 is 0 Å². The van der Waals surface area contributed by atoms with E-state index in [9.17, 15) is 0 Å². The fourth-order valence-corrected chi connectivity index (χ4v) is 2.54. The topological polar surface area (TPSA) is 50.4 Å². The molecule has 19 heavy (non-hydrogen) atoms. The van der Waals surface area contributed by atoms with Gasteiger partial charge in [-0.05, 0) is 61.3 Å². The number of nitrogens with one attached hydrogen (secondary N) is 1. The van der Waals surface area contributed by atoms with Gasteiger partial charge in [0.2, 0.25) is 0 Å². The van der Waals surface area contributed by atoms with Gasteiger partial charge >= 0.3 is 0 Å². The highest BCUT2D eigenvalue weighted by molar-refractivity contribution is 5.92. The van der Waals surface area contributed by atoms with Crippen LogP contribution in [0.3, 0.4) is 0 Å². The first-order valence-electron chi connectivity index (χ1n) is 7.34. The van der Waals surface area contributed by atoms with Gasteiger partial charge in [0.1, 0.15) is 0 Å². The van der Waals surface area contributed by atoms with E-state index in [2.05, 4.69) is 42.4 Å². The van der Waals surface area contributed by atoms with E-state index in [4.69, 9.17) is 5.73 Å². The van der Waals surface area contributed by atoms with Gasteiger partial charge in [-0.15, -0.1) is 0 Å². The SMILES string of the molecule is CC(C)CCCN=C(N)Nc1ccc2c(c1)CCC2. The van der Waals surface area contributed by atoms with Gasteiger partial charge in [0.05, 0.1) is 0 Å². The summed E-state index contributed by atoms with van der Waals surface area (Å²) < 4.78 is 0. The fourth-order valence-electron chi connectivity index (χ4n) is 2.54. The molecule has 104 valence electrons. The zero-order valence-corrected chi connectivity index (χ0v) is 12.1. The Bertz CT molecular complexity index is 449. The molecule has 0 heterocycles. The summed E-state index contributed by atoms with van der Waals surface area (Å²) in [5, 5.41) is 3.19. The predicted octanol–water partition coefficient (Wildman–Crippen LogP) is 3.34. The zero-order valence-electron chi connectivity index (χ0n) is 12.1. The van der Waals surface area contributed by atoms with Crippen LogP contribution in [0.15, 0.2) is 23.2 Å². The van der Waals surface area contributed by atoms with Crippen molar-refractivity contribution in [1.29, 1.82) is 0 Å². The average Bonchev–Trinajstić information content (AvgIpc) is 2.82. The highest BCUT2D eigenvalue weighted by Crippen LogP contribution is 2.24. The van der Waals surface area contributed by atoms with E-state index in [1.165, 1.54) is 36.8 Å². The minimum Gasteiger partial charge on any atom is -0.370 e. The van der Waals surface area contributed by atoms with Crippen LogP contribution in [0, 0.1) is 5.92 Å². The maximum Gasteiger partial charge on any atom is 0.193 e. The van der Waals surface area contributed by atoms with E-state index in [-0.39, 0.29) is 0 Å². The number of nitrogens with two attached hydrogens (primary N) is 1. The molecule has 1 aromatic rings. The van der Waals surface area contributed by atoms with Crippen LogP contribution in [-0.4, -0.2) is 12.5 Å². The summed E-state index contributed by atoms with van der Waals surface area (Å²) in [6.07, 6.45) is 5.99. The van der Waals surface area contributed by atoms with Crippen LogP contribution in [0.25, 0.3) is 0 Å². The Labute approximate surface area is 116 Å². The molecule has 0 bridgehead atoms. The van der Waals surface area contributed by atoms with Gasteiger partial charge in [0.25, 0.3) is 0 Å². The highest BCUT2D eigenvalue weighted by Gasteiger charge is 2.10. The monoisotopic (exact) mass is 259 g/mol. The summed E-state index contributed by atoms with van der Waals surface area (Å²) in [6, 6.07) is 6.51. The van der Waals surface area contributed by atoms with Crippen LogP contribution in [0.5, 0.6) is 0 Å². The molecule has 1 aromatic carbocycles. The Morgan fingerprint density at radius 2 is 2.11 bits per heavy atom. The first-order valence-corrected chi connectivity index (χ1v) is 7.34. The molecule has 1 aliphatic rings. The Morgan fingerprint density at radius 1 is 1.32 bits per heavy atom. The van der Waals surface area contributed by atoms with E-state index < -0.39 is 0 Å². The number of aryl methyl sites for hydroxylation is 2. The molecule has 0 saturated heterocycles. The predicted molar refractivity (Wildman–Crippen MR) is 82.7 cm³/mol. The molecule has 2 rings (SSSR count). The van der Waals surface area contributed by atoms with Gasteiger partial charge in [-0.25, -0.2) is 0 Å². The van der Waals surface area contributed by atoms with E-state index in [0.717, 1.165) is 24.6 Å². The van der Waals surface area contributed by atoms with Crippen molar-refractivity contribution in [3.8, 4) is 0 Å². The van der Waals surface area contributed by atoms with E-state index in [1.807, 2.05) is 0 Å². The number of benzene rings is 1. The second kappa shape index (κ2) is 6.60. The molecule has 0 unspecified atom stereocenters. The molecule has 0 saturated carbocycles. The highest BCUT2D eigenvalue weighted by atomic mass is 15.1. The molecule has 0 atom stereocenters.